The number of aromatic nitrogens is 1. The maximum atomic E-state index is 12.5. The highest BCUT2D eigenvalue weighted by Crippen LogP contribution is 2.09. The first-order valence-electron chi connectivity index (χ1n) is 8.83. The van der Waals surface area contributed by atoms with Gasteiger partial charge >= 0.3 is 0 Å². The predicted molar refractivity (Wildman–Crippen MR) is 99.5 cm³/mol. The van der Waals surface area contributed by atoms with Gasteiger partial charge in [-0.05, 0) is 29.8 Å². The average molecular weight is 352 g/mol. The van der Waals surface area contributed by atoms with Crippen molar-refractivity contribution < 1.29 is 9.59 Å². The van der Waals surface area contributed by atoms with E-state index in [1.54, 1.807) is 31.6 Å². The Hall–Kier alpha value is -2.73. The van der Waals surface area contributed by atoms with E-state index in [2.05, 4.69) is 9.88 Å². The second-order valence-corrected chi connectivity index (χ2v) is 6.54. The van der Waals surface area contributed by atoms with Crippen LogP contribution in [0.1, 0.15) is 15.9 Å². The van der Waals surface area contributed by atoms with Gasteiger partial charge in [0.05, 0.1) is 6.54 Å². The topological polar surface area (TPSA) is 56.8 Å². The number of nitrogens with zero attached hydrogens (tertiary/aromatic N) is 4. The molecule has 0 bridgehead atoms. The first kappa shape index (κ1) is 18.1. The smallest absolute Gasteiger partial charge is 0.254 e. The summed E-state index contributed by atoms with van der Waals surface area (Å²) in [5, 5.41) is 0. The number of rotatable bonds is 5. The zero-order chi connectivity index (χ0) is 18.4. The number of hydrogen-bond donors (Lipinski definition) is 0. The fourth-order valence-electron chi connectivity index (χ4n) is 3.08. The van der Waals surface area contributed by atoms with E-state index < -0.39 is 0 Å². The van der Waals surface area contributed by atoms with E-state index in [0.717, 1.165) is 19.6 Å². The Morgan fingerprint density at radius 2 is 1.65 bits per heavy atom. The zero-order valence-electron chi connectivity index (χ0n) is 15.0. The quantitative estimate of drug-likeness (QED) is 0.818. The molecule has 6 nitrogen and oxygen atoms in total. The molecule has 1 saturated heterocycles. The minimum absolute atomic E-state index is 0.000317. The van der Waals surface area contributed by atoms with E-state index in [1.807, 2.05) is 35.2 Å². The molecular weight excluding hydrogens is 328 g/mol. The molecule has 2 aromatic rings. The van der Waals surface area contributed by atoms with E-state index in [9.17, 15) is 9.59 Å². The minimum atomic E-state index is -0.129. The molecule has 0 atom stereocenters. The van der Waals surface area contributed by atoms with Gasteiger partial charge in [-0.25, -0.2) is 0 Å². The van der Waals surface area contributed by atoms with Crippen molar-refractivity contribution in [2.24, 2.45) is 0 Å². The van der Waals surface area contributed by atoms with Gasteiger partial charge in [0.2, 0.25) is 5.91 Å². The Kier molecular flexibility index (Phi) is 5.96. The van der Waals surface area contributed by atoms with Crippen LogP contribution in [0.4, 0.5) is 0 Å². The molecule has 2 amide bonds. The Labute approximate surface area is 154 Å². The summed E-state index contributed by atoms with van der Waals surface area (Å²) in [5.41, 5.74) is 1.83. The molecule has 1 aromatic heterocycles. The van der Waals surface area contributed by atoms with Gasteiger partial charge in [-0.3, -0.25) is 19.5 Å². The highest BCUT2D eigenvalue weighted by molar-refractivity contribution is 5.96. The SMILES string of the molecule is CN(CC(=O)N1CCN(Cc2ccncc2)CC1)C(=O)c1ccccc1. The molecule has 136 valence electrons. The van der Waals surface area contributed by atoms with Crippen molar-refractivity contribution in [1.82, 2.24) is 19.7 Å². The normalized spacial score (nSPS) is 14.9. The fraction of sp³-hybridized carbons (Fsp3) is 0.350. The molecule has 0 saturated carbocycles. The third kappa shape index (κ3) is 4.67. The molecule has 2 heterocycles. The average Bonchev–Trinajstić information content (AvgIpc) is 2.69. The van der Waals surface area contributed by atoms with Crippen LogP contribution in [0, 0.1) is 0 Å². The van der Waals surface area contributed by atoms with Crippen LogP contribution in [0.25, 0.3) is 0 Å². The first-order valence-corrected chi connectivity index (χ1v) is 8.83. The van der Waals surface area contributed by atoms with Crippen LogP contribution in [-0.2, 0) is 11.3 Å². The third-order valence-corrected chi connectivity index (χ3v) is 4.62. The van der Waals surface area contributed by atoms with E-state index in [-0.39, 0.29) is 18.4 Å². The molecule has 26 heavy (non-hydrogen) atoms. The van der Waals surface area contributed by atoms with Gasteiger partial charge < -0.3 is 9.80 Å². The van der Waals surface area contributed by atoms with Crippen LogP contribution in [0.2, 0.25) is 0 Å². The summed E-state index contributed by atoms with van der Waals surface area (Å²) in [7, 11) is 1.67. The number of carbonyl (C=O) groups is 2. The van der Waals surface area contributed by atoms with Crippen LogP contribution >= 0.6 is 0 Å². The second-order valence-electron chi connectivity index (χ2n) is 6.54. The van der Waals surface area contributed by atoms with Crippen molar-refractivity contribution in [1.29, 1.82) is 0 Å². The highest BCUT2D eigenvalue weighted by Gasteiger charge is 2.23. The molecule has 3 rings (SSSR count). The maximum Gasteiger partial charge on any atom is 0.254 e. The van der Waals surface area contributed by atoms with Crippen LogP contribution in [-0.4, -0.2) is 71.3 Å². The summed E-state index contributed by atoms with van der Waals surface area (Å²) >= 11 is 0. The van der Waals surface area contributed by atoms with Crippen LogP contribution in [0.15, 0.2) is 54.9 Å². The number of benzene rings is 1. The van der Waals surface area contributed by atoms with Crippen molar-refractivity contribution in [2.75, 3.05) is 39.8 Å². The molecule has 1 fully saturated rings. The Balaban J connectivity index is 1.47. The van der Waals surface area contributed by atoms with Gasteiger partial charge in [0, 0.05) is 57.7 Å². The Morgan fingerprint density at radius 3 is 2.31 bits per heavy atom. The predicted octanol–water partition coefficient (Wildman–Crippen LogP) is 1.50. The molecular formula is C20H24N4O2. The van der Waals surface area contributed by atoms with Crippen molar-refractivity contribution in [2.45, 2.75) is 6.54 Å². The molecule has 0 unspecified atom stereocenters. The largest absolute Gasteiger partial charge is 0.339 e. The minimum Gasteiger partial charge on any atom is -0.339 e. The van der Waals surface area contributed by atoms with E-state index >= 15 is 0 Å². The van der Waals surface area contributed by atoms with Gasteiger partial charge in [-0.15, -0.1) is 0 Å². The second kappa shape index (κ2) is 8.58. The lowest BCUT2D eigenvalue weighted by Crippen LogP contribution is -2.51. The lowest BCUT2D eigenvalue weighted by molar-refractivity contribution is -0.133. The molecule has 0 aliphatic carbocycles. The van der Waals surface area contributed by atoms with Gasteiger partial charge in [0.15, 0.2) is 0 Å². The number of piperazine rings is 1. The van der Waals surface area contributed by atoms with E-state index in [4.69, 9.17) is 0 Å². The van der Waals surface area contributed by atoms with Crippen LogP contribution in [0.5, 0.6) is 0 Å². The summed E-state index contributed by atoms with van der Waals surface area (Å²) in [6.45, 7) is 4.04. The van der Waals surface area contributed by atoms with E-state index in [0.29, 0.717) is 18.7 Å². The molecule has 1 aromatic carbocycles. The summed E-state index contributed by atoms with van der Waals surface area (Å²) in [4.78, 5) is 34.6. The van der Waals surface area contributed by atoms with Gasteiger partial charge in [-0.2, -0.15) is 0 Å². The third-order valence-electron chi connectivity index (χ3n) is 4.62. The van der Waals surface area contributed by atoms with Crippen LogP contribution in [0.3, 0.4) is 0 Å². The first-order chi connectivity index (χ1) is 12.6. The molecule has 0 N–H and O–H groups in total. The molecule has 0 radical (unpaired) electrons. The molecule has 6 heteroatoms. The van der Waals surface area contributed by atoms with Crippen LogP contribution < -0.4 is 0 Å². The van der Waals surface area contributed by atoms with Crippen molar-refractivity contribution >= 4 is 11.8 Å². The standard InChI is InChI=1S/C20H24N4O2/c1-22(20(26)18-5-3-2-4-6-18)16-19(25)24-13-11-23(12-14-24)15-17-7-9-21-10-8-17/h2-10H,11-16H2,1H3. The Bertz CT molecular complexity index is 728. The van der Waals surface area contributed by atoms with Crippen molar-refractivity contribution in [3.63, 3.8) is 0 Å². The van der Waals surface area contributed by atoms with Gasteiger partial charge in [0.1, 0.15) is 0 Å². The summed E-state index contributed by atoms with van der Waals surface area (Å²) in [6.07, 6.45) is 3.60. The Morgan fingerprint density at radius 1 is 1.00 bits per heavy atom. The lowest BCUT2D eigenvalue weighted by Gasteiger charge is -2.35. The summed E-state index contributed by atoms with van der Waals surface area (Å²) in [5.74, 6) is -0.129. The monoisotopic (exact) mass is 352 g/mol. The highest BCUT2D eigenvalue weighted by atomic mass is 16.2. The number of amides is 2. The van der Waals surface area contributed by atoms with E-state index in [1.165, 1.54) is 10.5 Å². The molecule has 0 spiro atoms. The van der Waals surface area contributed by atoms with Crippen molar-refractivity contribution in [3.05, 3.63) is 66.0 Å². The summed E-state index contributed by atoms with van der Waals surface area (Å²) < 4.78 is 0. The number of carbonyl (C=O) groups excluding carboxylic acids is 2. The lowest BCUT2D eigenvalue weighted by atomic mass is 10.2. The number of pyridine rings is 1. The number of likely N-dealkylation sites (N-methyl/N-ethyl adjacent to an activating group) is 1. The molecule has 1 aliphatic heterocycles. The summed E-state index contributed by atoms with van der Waals surface area (Å²) in [6, 6.07) is 13.1. The zero-order valence-corrected chi connectivity index (χ0v) is 15.0. The van der Waals surface area contributed by atoms with Gasteiger partial charge in [-0.1, -0.05) is 18.2 Å². The number of hydrogen-bond acceptors (Lipinski definition) is 4. The fourth-order valence-corrected chi connectivity index (χ4v) is 3.08. The van der Waals surface area contributed by atoms with Gasteiger partial charge in [0.25, 0.3) is 5.91 Å². The maximum absolute atomic E-state index is 12.5. The molecule has 1 aliphatic rings. The van der Waals surface area contributed by atoms with Crippen molar-refractivity contribution in [3.8, 4) is 0 Å².